The standard InChI is InChI=1S/C17H21NO4/c1-22-14(12-5-3-2-4-6-12)15(19)18-9-7-17(8-10-18)11-13(17)16(20)21/h2-6,13-14H,7-11H2,1H3,(H,20,21)/t13?,14-/m1/s1. The van der Waals surface area contributed by atoms with Gasteiger partial charge >= 0.3 is 5.97 Å². The highest BCUT2D eigenvalue weighted by atomic mass is 16.5. The third-order valence-corrected chi connectivity index (χ3v) is 5.12. The minimum absolute atomic E-state index is 0.0314. The molecule has 2 fully saturated rings. The highest BCUT2D eigenvalue weighted by molar-refractivity contribution is 5.82. The van der Waals surface area contributed by atoms with Gasteiger partial charge in [-0.15, -0.1) is 0 Å². The van der Waals surface area contributed by atoms with Gasteiger partial charge in [0.15, 0.2) is 6.10 Å². The number of methoxy groups -OCH3 is 1. The average Bonchev–Trinajstić information content (AvgIpc) is 3.24. The number of piperidine rings is 1. The Bertz CT molecular complexity index is 563. The van der Waals surface area contributed by atoms with Crippen LogP contribution in [0.1, 0.15) is 30.9 Å². The lowest BCUT2D eigenvalue weighted by molar-refractivity contribution is -0.144. The highest BCUT2D eigenvalue weighted by Crippen LogP contribution is 2.59. The lowest BCUT2D eigenvalue weighted by Gasteiger charge is -2.34. The minimum Gasteiger partial charge on any atom is -0.481 e. The summed E-state index contributed by atoms with van der Waals surface area (Å²) in [6.45, 7) is 1.24. The fourth-order valence-electron chi connectivity index (χ4n) is 3.59. The third-order valence-electron chi connectivity index (χ3n) is 5.12. The zero-order valence-electron chi connectivity index (χ0n) is 12.7. The van der Waals surface area contributed by atoms with Gasteiger partial charge in [-0.2, -0.15) is 0 Å². The first kappa shape index (κ1) is 15.0. The molecule has 0 radical (unpaired) electrons. The van der Waals surface area contributed by atoms with E-state index in [4.69, 9.17) is 9.84 Å². The summed E-state index contributed by atoms with van der Waals surface area (Å²) < 4.78 is 5.39. The van der Waals surface area contributed by atoms with Crippen molar-refractivity contribution in [2.24, 2.45) is 11.3 Å². The molecular weight excluding hydrogens is 282 g/mol. The zero-order chi connectivity index (χ0) is 15.7. The van der Waals surface area contributed by atoms with E-state index in [9.17, 15) is 9.59 Å². The summed E-state index contributed by atoms with van der Waals surface area (Å²) in [6.07, 6.45) is 1.74. The van der Waals surface area contributed by atoms with E-state index >= 15 is 0 Å². The van der Waals surface area contributed by atoms with E-state index in [1.165, 1.54) is 0 Å². The molecule has 1 aliphatic carbocycles. The van der Waals surface area contributed by atoms with Crippen molar-refractivity contribution in [2.75, 3.05) is 20.2 Å². The van der Waals surface area contributed by atoms with Crippen LogP contribution in [0, 0.1) is 11.3 Å². The number of hydrogen-bond acceptors (Lipinski definition) is 3. The van der Waals surface area contributed by atoms with Crippen LogP contribution in [0.15, 0.2) is 30.3 Å². The topological polar surface area (TPSA) is 66.8 Å². The molecule has 5 nitrogen and oxygen atoms in total. The maximum Gasteiger partial charge on any atom is 0.307 e. The largest absolute Gasteiger partial charge is 0.481 e. The summed E-state index contributed by atoms with van der Waals surface area (Å²) in [4.78, 5) is 25.6. The summed E-state index contributed by atoms with van der Waals surface area (Å²) >= 11 is 0. The number of rotatable bonds is 4. The molecule has 2 aliphatic rings. The monoisotopic (exact) mass is 303 g/mol. The van der Waals surface area contributed by atoms with Crippen LogP contribution in [0.25, 0.3) is 0 Å². The van der Waals surface area contributed by atoms with Crippen molar-refractivity contribution in [1.29, 1.82) is 0 Å². The Kier molecular flexibility index (Phi) is 3.91. The number of carbonyl (C=O) groups is 2. The third kappa shape index (κ3) is 2.61. The van der Waals surface area contributed by atoms with Crippen molar-refractivity contribution in [1.82, 2.24) is 4.90 Å². The molecule has 118 valence electrons. The van der Waals surface area contributed by atoms with E-state index in [1.54, 1.807) is 7.11 Å². The van der Waals surface area contributed by atoms with E-state index in [0.29, 0.717) is 13.1 Å². The van der Waals surface area contributed by atoms with Gasteiger partial charge in [-0.05, 0) is 30.2 Å². The van der Waals surface area contributed by atoms with Crippen molar-refractivity contribution >= 4 is 11.9 Å². The van der Waals surface area contributed by atoms with E-state index in [0.717, 1.165) is 24.8 Å². The molecule has 1 aromatic rings. The lowest BCUT2D eigenvalue weighted by atomic mass is 9.90. The number of ether oxygens (including phenoxy) is 1. The maximum absolute atomic E-state index is 12.7. The van der Waals surface area contributed by atoms with Crippen LogP contribution in [-0.2, 0) is 14.3 Å². The lowest BCUT2D eigenvalue weighted by Crippen LogP contribution is -2.42. The van der Waals surface area contributed by atoms with Gasteiger partial charge in [-0.3, -0.25) is 9.59 Å². The Labute approximate surface area is 129 Å². The number of aliphatic carboxylic acids is 1. The van der Waals surface area contributed by atoms with E-state index in [2.05, 4.69) is 0 Å². The first-order valence-corrected chi connectivity index (χ1v) is 7.67. The molecule has 1 amide bonds. The number of benzene rings is 1. The Hall–Kier alpha value is -1.88. The highest BCUT2D eigenvalue weighted by Gasteiger charge is 2.59. The number of hydrogen-bond donors (Lipinski definition) is 1. The van der Waals surface area contributed by atoms with Gasteiger partial charge in [0.05, 0.1) is 5.92 Å². The molecule has 0 bridgehead atoms. The molecule has 0 aromatic heterocycles. The quantitative estimate of drug-likeness (QED) is 0.925. The van der Waals surface area contributed by atoms with Crippen molar-refractivity contribution < 1.29 is 19.4 Å². The minimum atomic E-state index is -0.696. The van der Waals surface area contributed by atoms with Crippen LogP contribution in [0.2, 0.25) is 0 Å². The summed E-state index contributed by atoms with van der Waals surface area (Å²) in [5.74, 6) is -0.938. The van der Waals surface area contributed by atoms with Crippen LogP contribution < -0.4 is 0 Å². The molecule has 5 heteroatoms. The molecule has 1 heterocycles. The predicted molar refractivity (Wildman–Crippen MR) is 80.2 cm³/mol. The summed E-state index contributed by atoms with van der Waals surface area (Å²) in [7, 11) is 1.54. The van der Waals surface area contributed by atoms with Crippen LogP contribution >= 0.6 is 0 Å². The second kappa shape index (κ2) is 5.72. The molecule has 1 aromatic carbocycles. The second-order valence-corrected chi connectivity index (χ2v) is 6.31. The molecule has 3 rings (SSSR count). The summed E-state index contributed by atoms with van der Waals surface area (Å²) in [5, 5.41) is 9.12. The van der Waals surface area contributed by atoms with Gasteiger partial charge in [-0.25, -0.2) is 0 Å². The number of carboxylic acid groups (broad SMARTS) is 1. The van der Waals surface area contributed by atoms with Gasteiger partial charge < -0.3 is 14.7 Å². The van der Waals surface area contributed by atoms with Crippen molar-refractivity contribution in [3.63, 3.8) is 0 Å². The smallest absolute Gasteiger partial charge is 0.307 e. The Morgan fingerprint density at radius 3 is 2.41 bits per heavy atom. The molecule has 1 unspecified atom stereocenters. The van der Waals surface area contributed by atoms with Crippen LogP contribution in [0.3, 0.4) is 0 Å². The average molecular weight is 303 g/mol. The van der Waals surface area contributed by atoms with Gasteiger partial charge in [0.2, 0.25) is 0 Å². The number of amides is 1. The molecule has 1 aliphatic heterocycles. The molecule has 1 saturated heterocycles. The first-order chi connectivity index (χ1) is 10.6. The number of carbonyl (C=O) groups excluding carboxylic acids is 1. The maximum atomic E-state index is 12.7. The summed E-state index contributed by atoms with van der Waals surface area (Å²) in [6, 6.07) is 9.46. The van der Waals surface area contributed by atoms with Crippen LogP contribution in [-0.4, -0.2) is 42.1 Å². The van der Waals surface area contributed by atoms with Gasteiger partial charge in [0.25, 0.3) is 5.91 Å². The van der Waals surface area contributed by atoms with Crippen molar-refractivity contribution in [3.05, 3.63) is 35.9 Å². The normalized spacial score (nSPS) is 24.0. The summed E-state index contributed by atoms with van der Waals surface area (Å²) in [5.41, 5.74) is 0.794. The molecule has 1 N–H and O–H groups in total. The first-order valence-electron chi connectivity index (χ1n) is 7.67. The molecule has 1 saturated carbocycles. The number of likely N-dealkylation sites (tertiary alicyclic amines) is 1. The van der Waals surface area contributed by atoms with Crippen molar-refractivity contribution in [2.45, 2.75) is 25.4 Å². The zero-order valence-corrected chi connectivity index (χ0v) is 12.7. The van der Waals surface area contributed by atoms with E-state index in [1.807, 2.05) is 35.2 Å². The van der Waals surface area contributed by atoms with Gasteiger partial charge in [-0.1, -0.05) is 30.3 Å². The Morgan fingerprint density at radius 1 is 1.27 bits per heavy atom. The Morgan fingerprint density at radius 2 is 1.91 bits per heavy atom. The van der Waals surface area contributed by atoms with Crippen LogP contribution in [0.4, 0.5) is 0 Å². The molecule has 22 heavy (non-hydrogen) atoms. The Balaban J connectivity index is 1.63. The fraction of sp³-hybridized carbons (Fsp3) is 0.529. The van der Waals surface area contributed by atoms with Crippen LogP contribution in [0.5, 0.6) is 0 Å². The fourth-order valence-corrected chi connectivity index (χ4v) is 3.59. The predicted octanol–water partition coefficient (Wildman–Crippen LogP) is 2.09. The molecular formula is C17H21NO4. The number of nitrogens with zero attached hydrogens (tertiary/aromatic N) is 1. The van der Waals surface area contributed by atoms with Crippen molar-refractivity contribution in [3.8, 4) is 0 Å². The van der Waals surface area contributed by atoms with Gasteiger partial charge in [0, 0.05) is 20.2 Å². The SMILES string of the molecule is CO[C@@H](C(=O)N1CCC2(CC1)CC2C(=O)O)c1ccccc1. The molecule has 1 spiro atoms. The number of carboxylic acids is 1. The van der Waals surface area contributed by atoms with E-state index in [-0.39, 0.29) is 17.2 Å². The van der Waals surface area contributed by atoms with Gasteiger partial charge in [0.1, 0.15) is 0 Å². The second-order valence-electron chi connectivity index (χ2n) is 6.31. The van der Waals surface area contributed by atoms with E-state index < -0.39 is 12.1 Å². The molecule has 2 atom stereocenters.